The van der Waals surface area contributed by atoms with E-state index in [0.29, 0.717) is 0 Å². The highest BCUT2D eigenvalue weighted by atomic mass is 15.0. The summed E-state index contributed by atoms with van der Waals surface area (Å²) in [6, 6.07) is 54.5. The van der Waals surface area contributed by atoms with Crippen LogP contribution in [0.15, 0.2) is 249 Å². The van der Waals surface area contributed by atoms with E-state index in [9.17, 15) is 0 Å². The van der Waals surface area contributed by atoms with Crippen molar-refractivity contribution in [3.63, 3.8) is 0 Å². The van der Waals surface area contributed by atoms with Crippen LogP contribution in [0.25, 0.3) is 99.5 Å². The second-order valence-corrected chi connectivity index (χ2v) is 18.4. The van der Waals surface area contributed by atoms with Crippen LogP contribution >= 0.6 is 0 Å². The van der Waals surface area contributed by atoms with E-state index in [1.807, 2.05) is 26.8 Å². The minimum Gasteiger partial charge on any atom is -0.309 e. The summed E-state index contributed by atoms with van der Waals surface area (Å²) in [4.78, 5) is 0. The number of benzene rings is 7. The molecular weight excluding hydrogens is 881 g/mol. The van der Waals surface area contributed by atoms with Gasteiger partial charge in [-0.2, -0.15) is 0 Å². The van der Waals surface area contributed by atoms with E-state index >= 15 is 0 Å². The molecule has 2 heterocycles. The van der Waals surface area contributed by atoms with Crippen LogP contribution in [0.1, 0.15) is 70.1 Å². The predicted octanol–water partition coefficient (Wildman–Crippen LogP) is 20.2. The zero-order valence-electron chi connectivity index (χ0n) is 42.7. The minimum absolute atomic E-state index is 0.851. The molecule has 2 heteroatoms. The molecule has 7 aromatic carbocycles. The van der Waals surface area contributed by atoms with Crippen LogP contribution in [0.5, 0.6) is 0 Å². The monoisotopic (exact) mass is 945 g/mol. The first-order valence-corrected chi connectivity index (χ1v) is 26.2. The van der Waals surface area contributed by atoms with E-state index < -0.39 is 0 Å². The van der Waals surface area contributed by atoms with Gasteiger partial charge < -0.3 is 9.13 Å². The number of allylic oxidation sites excluding steroid dienone is 19. The first-order chi connectivity index (χ1) is 36.1. The quantitative estimate of drug-likeness (QED) is 0.102. The molecule has 2 aromatic heterocycles. The summed E-state index contributed by atoms with van der Waals surface area (Å²) in [6.07, 6.45) is 40.0. The largest absolute Gasteiger partial charge is 0.309 e. The Kier molecular flexibility index (Phi) is 14.7. The SMILES string of the molecule is C=C/C(=C\C=C/C)c1ccc(-n2c3c(-c4ccc5c(c4)c4cc(C/C=C\C=C/CC)cc(C6=CC=CCC6)c4n5C4=CCC=CC=C4)cccc3c3c(-c4ccccc4)ccc(-c4ccccc4)c32)cc1.CC. The van der Waals surface area contributed by atoms with E-state index in [4.69, 9.17) is 0 Å². The molecule has 0 saturated carbocycles. The first-order valence-electron chi connectivity index (χ1n) is 26.2. The fraction of sp³-hybridized carbons (Fsp3) is 0.127. The third kappa shape index (κ3) is 9.45. The van der Waals surface area contributed by atoms with Gasteiger partial charge in [0.05, 0.1) is 22.1 Å². The molecule has 358 valence electrons. The van der Waals surface area contributed by atoms with Gasteiger partial charge >= 0.3 is 0 Å². The van der Waals surface area contributed by atoms with Gasteiger partial charge in [0.15, 0.2) is 0 Å². The molecule has 0 N–H and O–H groups in total. The van der Waals surface area contributed by atoms with Crippen LogP contribution in [-0.4, -0.2) is 9.13 Å². The second kappa shape index (κ2) is 22.3. The van der Waals surface area contributed by atoms with Gasteiger partial charge in [0.2, 0.25) is 0 Å². The van der Waals surface area contributed by atoms with Crippen molar-refractivity contribution < 1.29 is 0 Å². The van der Waals surface area contributed by atoms with Crippen molar-refractivity contribution in [2.75, 3.05) is 0 Å². The van der Waals surface area contributed by atoms with Crippen LogP contribution < -0.4 is 0 Å². The molecule has 0 bridgehead atoms. The van der Waals surface area contributed by atoms with Crippen LogP contribution in [0.3, 0.4) is 0 Å². The molecule has 0 saturated heterocycles. The van der Waals surface area contributed by atoms with Crippen molar-refractivity contribution in [1.29, 1.82) is 0 Å². The van der Waals surface area contributed by atoms with Crippen LogP contribution in [0, 0.1) is 0 Å². The summed E-state index contributed by atoms with van der Waals surface area (Å²) in [5, 5.41) is 4.98. The highest BCUT2D eigenvalue weighted by molar-refractivity contribution is 6.23. The minimum atomic E-state index is 0.851. The van der Waals surface area contributed by atoms with Crippen molar-refractivity contribution in [2.24, 2.45) is 0 Å². The number of nitrogens with zero attached hydrogens (tertiary/aromatic N) is 2. The van der Waals surface area contributed by atoms with Gasteiger partial charge in [-0.3, -0.25) is 0 Å². The second-order valence-electron chi connectivity index (χ2n) is 18.4. The fourth-order valence-electron chi connectivity index (χ4n) is 10.7. The predicted molar refractivity (Wildman–Crippen MR) is 320 cm³/mol. The summed E-state index contributed by atoms with van der Waals surface area (Å²) in [7, 11) is 0. The molecule has 11 rings (SSSR count). The van der Waals surface area contributed by atoms with E-state index in [1.165, 1.54) is 99.4 Å². The highest BCUT2D eigenvalue weighted by Gasteiger charge is 2.25. The van der Waals surface area contributed by atoms with Crippen molar-refractivity contribution in [1.82, 2.24) is 9.13 Å². The molecular formula is C71H64N2. The fourth-order valence-corrected chi connectivity index (χ4v) is 10.7. The lowest BCUT2D eigenvalue weighted by atomic mass is 9.92. The Morgan fingerprint density at radius 2 is 1.34 bits per heavy atom. The molecule has 0 spiro atoms. The lowest BCUT2D eigenvalue weighted by Crippen LogP contribution is -2.00. The molecule has 0 unspecified atom stereocenters. The average Bonchev–Trinajstić information content (AvgIpc) is 3.83. The van der Waals surface area contributed by atoms with Crippen molar-refractivity contribution >= 4 is 60.5 Å². The van der Waals surface area contributed by atoms with Gasteiger partial charge in [-0.15, -0.1) is 0 Å². The Labute approximate surface area is 432 Å². The number of para-hydroxylation sites is 1. The topological polar surface area (TPSA) is 9.86 Å². The van der Waals surface area contributed by atoms with Crippen molar-refractivity contribution in [3.8, 4) is 39.1 Å². The van der Waals surface area contributed by atoms with E-state index in [0.717, 1.165) is 48.9 Å². The Bertz CT molecular complexity index is 3770. The van der Waals surface area contributed by atoms with Gasteiger partial charge in [0.25, 0.3) is 0 Å². The van der Waals surface area contributed by atoms with Gasteiger partial charge in [0.1, 0.15) is 0 Å². The van der Waals surface area contributed by atoms with Gasteiger partial charge in [-0.1, -0.05) is 228 Å². The van der Waals surface area contributed by atoms with Crippen LogP contribution in [0.4, 0.5) is 0 Å². The Balaban J connectivity index is 0.00000302. The lowest BCUT2D eigenvalue weighted by Gasteiger charge is -2.17. The molecule has 2 aliphatic carbocycles. The van der Waals surface area contributed by atoms with Crippen molar-refractivity contribution in [3.05, 3.63) is 266 Å². The smallest absolute Gasteiger partial charge is 0.0625 e. The van der Waals surface area contributed by atoms with Gasteiger partial charge in [0, 0.05) is 49.6 Å². The third-order valence-electron chi connectivity index (χ3n) is 14.0. The number of hydrogen-bond donors (Lipinski definition) is 0. The molecule has 73 heavy (non-hydrogen) atoms. The van der Waals surface area contributed by atoms with Crippen LogP contribution in [-0.2, 0) is 6.42 Å². The Morgan fingerprint density at radius 1 is 0.603 bits per heavy atom. The Hall–Kier alpha value is -8.46. The standard InChI is InChI=1S/C69H58N2.C2H6/c1-4-7-9-10-16-26-49-46-62(54-32-21-15-22-33-54)68-64(47-49)63-48-55(40-45-65(63)70(68)56-34-23-11-12-24-35-56)59-36-25-37-61-66-58(52-28-17-13-18-29-52)43-44-60(53-30-19-14-20-31-53)69(66)71(67(59)61)57-41-38-51(39-42-57)50(6-3)27-8-5-2;1-2/h5-21,23,25,27-32,34-48H,3-4,22,24,26,33H2,1-2H3;1-2H3/b8-5-,9-7-,16-10-,50-27+;. The maximum atomic E-state index is 4.17. The summed E-state index contributed by atoms with van der Waals surface area (Å²) < 4.78 is 5.08. The molecule has 0 amide bonds. The summed E-state index contributed by atoms with van der Waals surface area (Å²) in [5.41, 5.74) is 20.5. The van der Waals surface area contributed by atoms with Gasteiger partial charge in [-0.05, 0) is 126 Å². The molecule has 0 aliphatic heterocycles. The average molecular weight is 945 g/mol. The molecule has 0 radical (unpaired) electrons. The van der Waals surface area contributed by atoms with Crippen molar-refractivity contribution in [2.45, 2.75) is 59.8 Å². The molecule has 0 atom stereocenters. The number of aromatic nitrogens is 2. The third-order valence-corrected chi connectivity index (χ3v) is 14.0. The summed E-state index contributed by atoms with van der Waals surface area (Å²) in [5.74, 6) is 0. The normalized spacial score (nSPS) is 13.9. The zero-order chi connectivity index (χ0) is 50.1. The van der Waals surface area contributed by atoms with E-state index in [2.05, 4.69) is 259 Å². The maximum Gasteiger partial charge on any atom is 0.0625 e. The number of hydrogen-bond acceptors (Lipinski definition) is 0. The van der Waals surface area contributed by atoms with E-state index in [-0.39, 0.29) is 0 Å². The number of fused-ring (bicyclic) bond motifs is 6. The molecule has 9 aromatic rings. The first kappa shape index (κ1) is 48.2. The van der Waals surface area contributed by atoms with Gasteiger partial charge in [-0.25, -0.2) is 0 Å². The highest BCUT2D eigenvalue weighted by Crippen LogP contribution is 2.47. The lowest BCUT2D eigenvalue weighted by molar-refractivity contribution is 1.05. The molecule has 0 fully saturated rings. The number of rotatable bonds is 13. The van der Waals surface area contributed by atoms with Crippen LogP contribution in [0.2, 0.25) is 0 Å². The van der Waals surface area contributed by atoms with E-state index in [1.54, 1.807) is 0 Å². The maximum absolute atomic E-state index is 4.17. The Morgan fingerprint density at radius 3 is 2.08 bits per heavy atom. The molecule has 2 aliphatic rings. The summed E-state index contributed by atoms with van der Waals surface area (Å²) >= 11 is 0. The molecule has 2 nitrogen and oxygen atoms in total. The zero-order valence-corrected chi connectivity index (χ0v) is 42.7. The summed E-state index contributed by atoms with van der Waals surface area (Å²) in [6.45, 7) is 12.4.